The van der Waals surface area contributed by atoms with Gasteiger partial charge < -0.3 is 94.3 Å². The Kier molecular flexibility index (Phi) is 49.6. The molecule has 0 bridgehead atoms. The van der Waals surface area contributed by atoms with E-state index in [1.165, 1.54) is 141 Å². The van der Waals surface area contributed by atoms with Gasteiger partial charge in [0.25, 0.3) is 0 Å². The molecule has 0 radical (unpaired) electrons. The van der Waals surface area contributed by atoms with Crippen molar-refractivity contribution in [2.45, 2.75) is 356 Å². The molecule has 17 atom stereocenters. The number of carbonyl (C=O) groups excluding carboxylic acids is 4. The number of hydrogen-bond acceptors (Lipinski definition) is 26. The molecule has 3 heterocycles. The summed E-state index contributed by atoms with van der Waals surface area (Å²) in [5, 5.41) is 107. The van der Waals surface area contributed by atoms with Gasteiger partial charge in [0, 0.05) is 45.8 Å². The predicted molar refractivity (Wildman–Crippen MR) is 357 cm³/mol. The molecule has 3 aliphatic rings. The third-order valence-corrected chi connectivity index (χ3v) is 19.5. The Morgan fingerprint density at radius 3 is 1.28 bits per heavy atom. The molecule has 7 unspecified atom stereocenters. The van der Waals surface area contributed by atoms with E-state index in [1.54, 1.807) is 0 Å². The largest absolute Gasteiger partial charge is 0.474 e. The molecule has 570 valence electrons. The second kappa shape index (κ2) is 54.2. The first-order valence-corrected chi connectivity index (χ1v) is 38.4. The molecule has 3 rings (SSSR count). The average Bonchev–Trinajstić information content (AvgIpc) is 0.800. The topological polar surface area (TPSA) is 401 Å². The summed E-state index contributed by atoms with van der Waals surface area (Å²) in [6, 6.07) is 0. The highest BCUT2D eigenvalue weighted by atomic mass is 31.2. The molecule has 3 saturated heterocycles. The van der Waals surface area contributed by atoms with Crippen molar-refractivity contribution in [2.75, 3.05) is 59.9 Å². The lowest BCUT2D eigenvalue weighted by atomic mass is 9.96. The molecular weight excluding hydrogens is 1290 g/mol. The van der Waals surface area contributed by atoms with E-state index < -0.39 is 144 Å². The lowest BCUT2D eigenvalue weighted by Gasteiger charge is -2.48. The molecule has 3 fully saturated rings. The van der Waals surface area contributed by atoms with Crippen molar-refractivity contribution >= 4 is 31.5 Å². The van der Waals surface area contributed by atoms with Gasteiger partial charge in [0.2, 0.25) is 5.91 Å². The molecule has 0 aromatic rings. The minimum absolute atomic E-state index is 0.0629. The van der Waals surface area contributed by atoms with Gasteiger partial charge in [0.1, 0.15) is 85.6 Å². The van der Waals surface area contributed by atoms with E-state index in [1.807, 2.05) is 0 Å². The van der Waals surface area contributed by atoms with Crippen molar-refractivity contribution in [3.05, 3.63) is 0 Å². The van der Waals surface area contributed by atoms with Crippen LogP contribution < -0.4 is 5.32 Å². The van der Waals surface area contributed by atoms with Crippen molar-refractivity contribution in [1.29, 1.82) is 0 Å². The number of Topliss-reactive ketones (excluding diaryl/α,β-unsaturated/α-hetero) is 1. The third-order valence-electron chi connectivity index (χ3n) is 18.1. The summed E-state index contributed by atoms with van der Waals surface area (Å²) in [6.07, 6.45) is 10.8. The van der Waals surface area contributed by atoms with Crippen molar-refractivity contribution in [3.63, 3.8) is 0 Å². The second-order valence-electron chi connectivity index (χ2n) is 26.3. The number of aliphatic hydroxyl groups excluding tert-OH is 10. The van der Waals surface area contributed by atoms with Gasteiger partial charge in [-0.3, -0.25) is 32.7 Å². The summed E-state index contributed by atoms with van der Waals surface area (Å²) >= 11 is 0. The lowest BCUT2D eigenvalue weighted by molar-refractivity contribution is -0.379. The van der Waals surface area contributed by atoms with Crippen LogP contribution in [-0.4, -0.2) is 233 Å². The van der Waals surface area contributed by atoms with E-state index in [0.29, 0.717) is 25.7 Å². The molecule has 28 heteroatoms. The Labute approximate surface area is 576 Å². The van der Waals surface area contributed by atoms with Crippen LogP contribution in [0, 0.1) is 0 Å². The fourth-order valence-electron chi connectivity index (χ4n) is 12.0. The summed E-state index contributed by atoms with van der Waals surface area (Å²) in [4.78, 5) is 51.3. The molecule has 11 N–H and O–H groups in total. The van der Waals surface area contributed by atoms with E-state index in [4.69, 9.17) is 51.5 Å². The van der Waals surface area contributed by atoms with E-state index in [9.17, 15) is 74.8 Å². The Morgan fingerprint density at radius 2 is 0.814 bits per heavy atom. The number of unbranched alkanes of at least 4 members (excludes halogenated alkanes) is 29. The Morgan fingerprint density at radius 1 is 0.423 bits per heavy atom. The summed E-state index contributed by atoms with van der Waals surface area (Å²) in [5.41, 5.74) is 0. The number of phosphoric ester groups is 1. The smallest absolute Gasteiger partial charge is 0.462 e. The number of esters is 2. The van der Waals surface area contributed by atoms with Crippen LogP contribution in [-0.2, 0) is 75.2 Å². The molecule has 97 heavy (non-hydrogen) atoms. The molecule has 1 amide bonds. The maximum Gasteiger partial charge on any atom is 0.474 e. The zero-order chi connectivity index (χ0) is 71.1. The second-order valence-corrected chi connectivity index (χ2v) is 28.1. The van der Waals surface area contributed by atoms with Gasteiger partial charge in [-0.15, -0.1) is 0 Å². The summed E-state index contributed by atoms with van der Waals surface area (Å²) in [7, 11) is -3.05. The standard InChI is InChI=1S/C69H128NO26P/c1-4-6-8-10-12-14-16-18-20-22-24-26-28-30-32-40-56(76)88-48-51(91-57(77)41-33-31-29-27-25-23-21-19-17-15-13-11-9-7-5-2)49-90-97(85,86-3)89-43-36-38-50(74)37-34-35-39-55(75)70-42-44-87-67-63(83)60(80)65(53(46-72)93-67)96-69-64(84)61(81)66(54(47-73)94-69)95-68-62(82)59(79)58(78)52(45-71)92-68/h51-54,58-69,71-73,78-84H,4-49H2,1-3H3,(H,70,75)/t51-,52?,53?,54?,58-,59-,60+,61+,62?,63?,64?,65+,66-,67+,68+,69-,97?/m0/s1. The van der Waals surface area contributed by atoms with Crippen LogP contribution in [0.4, 0.5) is 0 Å². The highest BCUT2D eigenvalue weighted by Gasteiger charge is 2.53. The summed E-state index contributed by atoms with van der Waals surface area (Å²) in [6.45, 7) is 0.839. The quantitative estimate of drug-likeness (QED) is 0.0162. The molecule has 3 aliphatic heterocycles. The van der Waals surface area contributed by atoms with Crippen LogP contribution in [0.2, 0.25) is 0 Å². The van der Waals surface area contributed by atoms with E-state index in [2.05, 4.69) is 19.2 Å². The van der Waals surface area contributed by atoms with Gasteiger partial charge in [-0.05, 0) is 32.1 Å². The van der Waals surface area contributed by atoms with Crippen LogP contribution in [0.15, 0.2) is 0 Å². The summed E-state index contributed by atoms with van der Waals surface area (Å²) in [5.74, 6) is -1.40. The van der Waals surface area contributed by atoms with Gasteiger partial charge in [0.15, 0.2) is 25.0 Å². The number of carbonyl (C=O) groups is 4. The Balaban J connectivity index is 1.34. The number of nitrogens with one attached hydrogen (secondary N) is 1. The maximum absolute atomic E-state index is 13.5. The van der Waals surface area contributed by atoms with Crippen LogP contribution in [0.3, 0.4) is 0 Å². The highest BCUT2D eigenvalue weighted by Crippen LogP contribution is 2.49. The van der Waals surface area contributed by atoms with Crippen LogP contribution in [0.1, 0.15) is 258 Å². The van der Waals surface area contributed by atoms with Crippen molar-refractivity contribution in [2.24, 2.45) is 0 Å². The SMILES string of the molecule is CCCCCCCCCCCCCCCCCC(=O)OC[C@@H](COP(=O)(OC)OCCCC(=O)CCCCC(=O)NCCO[C@@H]1OC(CO)[C@@H](O[C@@H]2OC(CO)[C@H](O[C@H]3OC(CO)[C@H](O)[C@H](O)C3O)[C@H](O)C2O)[C@H](O)C1O)OC(=O)CCCCCCCCCCCCCCCCC. The molecule has 0 spiro atoms. The Bertz CT molecular complexity index is 2060. The van der Waals surface area contributed by atoms with Gasteiger partial charge in [-0.25, -0.2) is 4.57 Å². The number of ketones is 1. The van der Waals surface area contributed by atoms with Gasteiger partial charge in [-0.2, -0.15) is 0 Å². The summed E-state index contributed by atoms with van der Waals surface area (Å²) < 4.78 is 74.3. The first-order chi connectivity index (χ1) is 46.9. The van der Waals surface area contributed by atoms with Crippen molar-refractivity contribution in [1.82, 2.24) is 5.32 Å². The fraction of sp³-hybridized carbons (Fsp3) is 0.942. The zero-order valence-corrected chi connectivity index (χ0v) is 59.6. The van der Waals surface area contributed by atoms with Gasteiger partial charge in [-0.1, -0.05) is 194 Å². The van der Waals surface area contributed by atoms with Crippen molar-refractivity contribution < 1.29 is 126 Å². The number of ether oxygens (including phenoxy) is 8. The molecule has 0 aromatic heterocycles. The normalized spacial score (nSPS) is 26.9. The van der Waals surface area contributed by atoms with Crippen LogP contribution >= 0.6 is 7.82 Å². The molecule has 27 nitrogen and oxygen atoms in total. The molecular formula is C69H128NO26P. The van der Waals surface area contributed by atoms with Gasteiger partial charge in [0.05, 0.1) is 39.6 Å². The zero-order valence-electron chi connectivity index (χ0n) is 58.7. The maximum atomic E-state index is 13.5. The minimum atomic E-state index is -4.19. The van der Waals surface area contributed by atoms with E-state index in [-0.39, 0.29) is 76.6 Å². The highest BCUT2D eigenvalue weighted by molar-refractivity contribution is 7.48. The van der Waals surface area contributed by atoms with Crippen molar-refractivity contribution in [3.8, 4) is 0 Å². The number of amides is 1. The first-order valence-electron chi connectivity index (χ1n) is 36.9. The lowest BCUT2D eigenvalue weighted by Crippen LogP contribution is -2.66. The van der Waals surface area contributed by atoms with E-state index >= 15 is 0 Å². The average molecular weight is 1420 g/mol. The van der Waals surface area contributed by atoms with Crippen LogP contribution in [0.25, 0.3) is 0 Å². The number of rotatable bonds is 60. The molecule has 0 saturated carbocycles. The number of aliphatic hydroxyl groups is 10. The van der Waals surface area contributed by atoms with Gasteiger partial charge >= 0.3 is 19.8 Å². The number of hydrogen-bond donors (Lipinski definition) is 11. The fourth-order valence-corrected chi connectivity index (χ4v) is 13.0. The van der Waals surface area contributed by atoms with Crippen LogP contribution in [0.5, 0.6) is 0 Å². The van der Waals surface area contributed by atoms with E-state index in [0.717, 1.165) is 45.6 Å². The third kappa shape index (κ3) is 37.0. The molecule has 0 aromatic carbocycles. The Hall–Kier alpha value is -2.45. The monoisotopic (exact) mass is 1420 g/mol. The number of phosphoric acid groups is 1. The first kappa shape index (κ1) is 88.8. The minimum Gasteiger partial charge on any atom is -0.462 e. The predicted octanol–water partition coefficient (Wildman–Crippen LogP) is 7.24. The molecule has 0 aliphatic carbocycles.